The van der Waals surface area contributed by atoms with E-state index in [1.54, 1.807) is 0 Å². The van der Waals surface area contributed by atoms with Gasteiger partial charge in [-0.2, -0.15) is 0 Å². The van der Waals surface area contributed by atoms with Crippen LogP contribution >= 0.6 is 0 Å². The first-order chi connectivity index (χ1) is 6.70. The standard InChI is InChI=1S/C13H20N.Li/c1-4-6-11-8-9-13(14)10(3)12(11)7-5-2;/h8-9,14H,4-7H2,1-3H3;/q-1;+1. The van der Waals surface area contributed by atoms with E-state index in [4.69, 9.17) is 5.73 Å². The normalized spacial score (nSPS) is 9.80. The summed E-state index contributed by atoms with van der Waals surface area (Å²) < 4.78 is 0. The van der Waals surface area contributed by atoms with Crippen LogP contribution in [0.5, 0.6) is 0 Å². The van der Waals surface area contributed by atoms with E-state index in [-0.39, 0.29) is 18.9 Å². The Morgan fingerprint density at radius 2 is 1.67 bits per heavy atom. The van der Waals surface area contributed by atoms with Crippen LogP contribution in [0.1, 0.15) is 43.4 Å². The number of hydrogen-bond donors (Lipinski definition) is 0. The van der Waals surface area contributed by atoms with Crippen molar-refractivity contribution in [2.75, 3.05) is 0 Å². The molecule has 0 fully saturated rings. The van der Waals surface area contributed by atoms with Crippen molar-refractivity contribution in [2.24, 2.45) is 0 Å². The van der Waals surface area contributed by atoms with Crippen molar-refractivity contribution in [3.05, 3.63) is 34.6 Å². The third kappa shape index (κ3) is 3.59. The smallest absolute Gasteiger partial charge is 0.698 e. The number of rotatable bonds is 4. The molecule has 0 aliphatic heterocycles. The molecule has 0 spiro atoms. The van der Waals surface area contributed by atoms with E-state index in [0.29, 0.717) is 5.69 Å². The topological polar surface area (TPSA) is 23.8 Å². The predicted octanol–water partition coefficient (Wildman–Crippen LogP) is 1.59. The monoisotopic (exact) mass is 197 g/mol. The molecule has 0 aliphatic rings. The van der Waals surface area contributed by atoms with Gasteiger partial charge >= 0.3 is 18.9 Å². The summed E-state index contributed by atoms with van der Waals surface area (Å²) in [6.45, 7) is 6.48. The van der Waals surface area contributed by atoms with E-state index in [0.717, 1.165) is 12.8 Å². The Morgan fingerprint density at radius 1 is 1.07 bits per heavy atom. The van der Waals surface area contributed by atoms with Gasteiger partial charge in [0, 0.05) is 0 Å². The number of benzene rings is 1. The SMILES string of the molecule is CCCc1ccc([NH-])c(C)c1CCC.[Li+]. The first kappa shape index (κ1) is 14.6. The second-order valence-corrected chi connectivity index (χ2v) is 3.88. The minimum atomic E-state index is 0. The molecular formula is C13H20LiN. The van der Waals surface area contributed by atoms with Gasteiger partial charge in [-0.25, -0.2) is 0 Å². The Kier molecular flexibility index (Phi) is 6.81. The molecule has 1 nitrogen and oxygen atoms in total. The molecule has 0 aliphatic carbocycles. The van der Waals surface area contributed by atoms with Gasteiger partial charge in [-0.15, -0.1) is 5.69 Å². The maximum atomic E-state index is 7.77. The summed E-state index contributed by atoms with van der Waals surface area (Å²) in [5.74, 6) is 0. The summed E-state index contributed by atoms with van der Waals surface area (Å²) in [6.07, 6.45) is 4.62. The fraction of sp³-hybridized carbons (Fsp3) is 0.538. The van der Waals surface area contributed by atoms with Crippen LogP contribution in [0.3, 0.4) is 0 Å². The Hall–Kier alpha value is -0.383. The van der Waals surface area contributed by atoms with Crippen LogP contribution in [-0.2, 0) is 12.8 Å². The number of nitrogens with one attached hydrogen (secondary N) is 1. The minimum Gasteiger partial charge on any atom is -0.698 e. The molecule has 0 atom stereocenters. The molecule has 0 amide bonds. The fourth-order valence-corrected chi connectivity index (χ4v) is 1.91. The van der Waals surface area contributed by atoms with Crippen LogP contribution in [-0.4, -0.2) is 0 Å². The fourth-order valence-electron chi connectivity index (χ4n) is 1.91. The van der Waals surface area contributed by atoms with Gasteiger partial charge in [-0.05, 0) is 30.9 Å². The summed E-state index contributed by atoms with van der Waals surface area (Å²) in [6, 6.07) is 4.06. The van der Waals surface area contributed by atoms with Crippen LogP contribution in [0.15, 0.2) is 12.1 Å². The molecule has 1 N–H and O–H groups in total. The van der Waals surface area contributed by atoms with E-state index in [2.05, 4.69) is 26.8 Å². The van der Waals surface area contributed by atoms with Gasteiger partial charge in [-0.3, -0.25) is 0 Å². The van der Waals surface area contributed by atoms with Gasteiger partial charge in [0.15, 0.2) is 0 Å². The van der Waals surface area contributed by atoms with E-state index in [1.807, 2.05) is 6.07 Å². The van der Waals surface area contributed by atoms with Gasteiger partial charge in [-0.1, -0.05) is 44.4 Å². The van der Waals surface area contributed by atoms with Crippen molar-refractivity contribution in [2.45, 2.75) is 46.5 Å². The second kappa shape index (κ2) is 6.98. The van der Waals surface area contributed by atoms with Gasteiger partial charge in [0.05, 0.1) is 0 Å². The number of hydrogen-bond acceptors (Lipinski definition) is 0. The molecule has 1 aromatic carbocycles. The average Bonchev–Trinajstić information content (AvgIpc) is 2.18. The molecule has 15 heavy (non-hydrogen) atoms. The third-order valence-electron chi connectivity index (χ3n) is 2.71. The summed E-state index contributed by atoms with van der Waals surface area (Å²) in [5.41, 5.74) is 12.5. The Morgan fingerprint density at radius 3 is 2.20 bits per heavy atom. The molecule has 2 heteroatoms. The van der Waals surface area contributed by atoms with E-state index in [1.165, 1.54) is 29.5 Å². The summed E-state index contributed by atoms with van der Waals surface area (Å²) in [5, 5.41) is 0. The van der Waals surface area contributed by atoms with Crippen molar-refractivity contribution in [3.63, 3.8) is 0 Å². The number of aryl methyl sites for hydroxylation is 1. The third-order valence-corrected chi connectivity index (χ3v) is 2.71. The molecule has 0 saturated heterocycles. The summed E-state index contributed by atoms with van der Waals surface area (Å²) in [7, 11) is 0. The molecule has 0 aromatic heterocycles. The first-order valence-corrected chi connectivity index (χ1v) is 5.53. The minimum absolute atomic E-state index is 0. The van der Waals surface area contributed by atoms with Crippen LogP contribution in [0.4, 0.5) is 5.69 Å². The van der Waals surface area contributed by atoms with Crippen LogP contribution < -0.4 is 18.9 Å². The van der Waals surface area contributed by atoms with Crippen molar-refractivity contribution in [1.29, 1.82) is 0 Å². The van der Waals surface area contributed by atoms with Crippen LogP contribution in [0.25, 0.3) is 5.73 Å². The zero-order valence-corrected chi connectivity index (χ0v) is 10.5. The average molecular weight is 197 g/mol. The van der Waals surface area contributed by atoms with Gasteiger partial charge < -0.3 is 5.73 Å². The maximum Gasteiger partial charge on any atom is 1.00 e. The van der Waals surface area contributed by atoms with Crippen LogP contribution in [0.2, 0.25) is 0 Å². The molecule has 0 radical (unpaired) electrons. The summed E-state index contributed by atoms with van der Waals surface area (Å²) >= 11 is 0. The van der Waals surface area contributed by atoms with Gasteiger partial charge in [0.1, 0.15) is 0 Å². The Balaban J connectivity index is 0.00000196. The second-order valence-electron chi connectivity index (χ2n) is 3.88. The molecule has 0 saturated carbocycles. The zero-order chi connectivity index (χ0) is 10.6. The van der Waals surface area contributed by atoms with Crippen molar-refractivity contribution >= 4 is 5.69 Å². The first-order valence-electron chi connectivity index (χ1n) is 5.53. The van der Waals surface area contributed by atoms with Crippen LogP contribution in [0, 0.1) is 6.92 Å². The van der Waals surface area contributed by atoms with Crippen molar-refractivity contribution in [1.82, 2.24) is 0 Å². The van der Waals surface area contributed by atoms with Crippen molar-refractivity contribution in [3.8, 4) is 0 Å². The molecule has 78 valence electrons. The maximum absolute atomic E-state index is 7.77. The molecule has 0 heterocycles. The van der Waals surface area contributed by atoms with Gasteiger partial charge in [0.2, 0.25) is 0 Å². The molecule has 1 aromatic rings. The molecule has 0 unspecified atom stereocenters. The Bertz CT molecular complexity index is 308. The summed E-state index contributed by atoms with van der Waals surface area (Å²) in [4.78, 5) is 0. The molecular weight excluding hydrogens is 177 g/mol. The zero-order valence-electron chi connectivity index (χ0n) is 10.5. The van der Waals surface area contributed by atoms with Gasteiger partial charge in [0.25, 0.3) is 0 Å². The quantitative estimate of drug-likeness (QED) is 0.654. The molecule has 0 bridgehead atoms. The molecule has 1 rings (SSSR count). The Labute approximate surface area is 106 Å². The largest absolute Gasteiger partial charge is 1.00 e. The van der Waals surface area contributed by atoms with Crippen molar-refractivity contribution < 1.29 is 18.9 Å². The van der Waals surface area contributed by atoms with E-state index in [9.17, 15) is 0 Å². The van der Waals surface area contributed by atoms with E-state index >= 15 is 0 Å². The predicted molar refractivity (Wildman–Crippen MR) is 63.2 cm³/mol. The van der Waals surface area contributed by atoms with E-state index < -0.39 is 0 Å².